The first-order valence-electron chi connectivity index (χ1n) is 5.31. The quantitative estimate of drug-likeness (QED) is 0.610. The Morgan fingerprint density at radius 2 is 2.06 bits per heavy atom. The number of carbonyl (C=O) groups is 2. The fraction of sp³-hybridized carbons (Fsp3) is 0.333. The molecule has 0 fully saturated rings. The largest absolute Gasteiger partial charge is 0.461 e. The molecule has 0 unspecified atom stereocenters. The number of aryl methyl sites for hydroxylation is 1. The monoisotopic (exact) mass is 236 g/mol. The molecule has 0 aliphatic heterocycles. The third-order valence-corrected chi connectivity index (χ3v) is 2.39. The number of carbonyl (C=O) groups excluding carboxylic acids is 2. The minimum atomic E-state index is -0.525. The van der Waals surface area contributed by atoms with Crippen LogP contribution in [0.2, 0.25) is 0 Å². The van der Waals surface area contributed by atoms with Crippen LogP contribution >= 0.6 is 0 Å². The van der Waals surface area contributed by atoms with Crippen LogP contribution in [0.4, 0.5) is 0 Å². The smallest absolute Gasteiger partial charge is 0.355 e. The summed E-state index contributed by atoms with van der Waals surface area (Å²) >= 11 is 0. The number of esters is 1. The van der Waals surface area contributed by atoms with Gasteiger partial charge < -0.3 is 15.5 Å². The van der Waals surface area contributed by atoms with Crippen LogP contribution in [0.15, 0.2) is 6.08 Å². The Morgan fingerprint density at radius 3 is 2.59 bits per heavy atom. The molecule has 0 aliphatic rings. The molecule has 5 nitrogen and oxygen atoms in total. The summed E-state index contributed by atoms with van der Waals surface area (Å²) in [5, 5.41) is 0. The average Bonchev–Trinajstić information content (AvgIpc) is 2.52. The van der Waals surface area contributed by atoms with Gasteiger partial charge in [-0.05, 0) is 38.0 Å². The summed E-state index contributed by atoms with van der Waals surface area (Å²) in [6.07, 6.45) is 2.85. The first-order chi connectivity index (χ1) is 7.97. The zero-order valence-electron chi connectivity index (χ0n) is 10.2. The van der Waals surface area contributed by atoms with Crippen LogP contribution in [0, 0.1) is 13.8 Å². The van der Waals surface area contributed by atoms with Gasteiger partial charge >= 0.3 is 5.97 Å². The third kappa shape index (κ3) is 2.96. The maximum absolute atomic E-state index is 11.6. The molecule has 0 radical (unpaired) electrons. The standard InChI is InChI=1S/C12H16N2O3/c1-4-17-12(16)11-7(2)9(8(3)14-11)5-6-10(13)15/h5-6,14H,4H2,1-3H3,(H2,13,15)/b6-5+. The van der Waals surface area contributed by atoms with Crippen LogP contribution in [0.5, 0.6) is 0 Å². The predicted molar refractivity (Wildman–Crippen MR) is 64.5 cm³/mol. The topological polar surface area (TPSA) is 85.2 Å². The lowest BCUT2D eigenvalue weighted by Crippen LogP contribution is -2.06. The van der Waals surface area contributed by atoms with Crippen molar-refractivity contribution in [2.45, 2.75) is 20.8 Å². The fourth-order valence-corrected chi connectivity index (χ4v) is 1.59. The van der Waals surface area contributed by atoms with E-state index in [4.69, 9.17) is 10.5 Å². The maximum atomic E-state index is 11.6. The lowest BCUT2D eigenvalue weighted by molar-refractivity contribution is -0.113. The van der Waals surface area contributed by atoms with Crippen molar-refractivity contribution in [3.05, 3.63) is 28.6 Å². The van der Waals surface area contributed by atoms with Crippen LogP contribution in [0.3, 0.4) is 0 Å². The van der Waals surface area contributed by atoms with Gasteiger partial charge in [0.05, 0.1) is 6.61 Å². The van der Waals surface area contributed by atoms with Gasteiger partial charge in [0, 0.05) is 11.8 Å². The van der Waals surface area contributed by atoms with Gasteiger partial charge in [-0.25, -0.2) is 4.79 Å². The molecule has 92 valence electrons. The Balaban J connectivity index is 3.10. The van der Waals surface area contributed by atoms with Crippen LogP contribution in [0.25, 0.3) is 6.08 Å². The normalized spacial score (nSPS) is 10.8. The first kappa shape index (κ1) is 13.0. The number of H-pyrrole nitrogens is 1. The number of hydrogen-bond donors (Lipinski definition) is 2. The van der Waals surface area contributed by atoms with Gasteiger partial charge in [0.1, 0.15) is 5.69 Å². The Bertz CT molecular complexity index is 472. The molecule has 1 aromatic rings. The van der Waals surface area contributed by atoms with E-state index in [1.165, 1.54) is 6.08 Å². The summed E-state index contributed by atoms with van der Waals surface area (Å²) in [7, 11) is 0. The molecule has 0 aromatic carbocycles. The van der Waals surface area contributed by atoms with Crippen molar-refractivity contribution in [2.24, 2.45) is 5.73 Å². The van der Waals surface area contributed by atoms with E-state index in [0.717, 1.165) is 16.8 Å². The summed E-state index contributed by atoms with van der Waals surface area (Å²) in [4.78, 5) is 25.2. The van der Waals surface area contributed by atoms with Gasteiger partial charge in [-0.3, -0.25) is 4.79 Å². The van der Waals surface area contributed by atoms with E-state index in [-0.39, 0.29) is 0 Å². The van der Waals surface area contributed by atoms with Gasteiger partial charge in [-0.2, -0.15) is 0 Å². The molecule has 3 N–H and O–H groups in total. The zero-order chi connectivity index (χ0) is 13.0. The van der Waals surface area contributed by atoms with Gasteiger partial charge in [0.15, 0.2) is 0 Å². The highest BCUT2D eigenvalue weighted by atomic mass is 16.5. The van der Waals surface area contributed by atoms with Crippen LogP contribution < -0.4 is 5.73 Å². The number of amides is 1. The van der Waals surface area contributed by atoms with Crippen molar-refractivity contribution in [2.75, 3.05) is 6.61 Å². The Hall–Kier alpha value is -2.04. The number of hydrogen-bond acceptors (Lipinski definition) is 3. The number of primary amides is 1. The van der Waals surface area contributed by atoms with E-state index in [1.54, 1.807) is 19.9 Å². The van der Waals surface area contributed by atoms with Crippen molar-refractivity contribution in [1.29, 1.82) is 0 Å². The molecule has 1 heterocycles. The van der Waals surface area contributed by atoms with Crippen LogP contribution in [0.1, 0.15) is 34.2 Å². The summed E-state index contributed by atoms with van der Waals surface area (Å²) in [6.45, 7) is 5.67. The maximum Gasteiger partial charge on any atom is 0.355 e. The van der Waals surface area contributed by atoms with Crippen molar-refractivity contribution >= 4 is 18.0 Å². The van der Waals surface area contributed by atoms with Crippen molar-refractivity contribution in [3.63, 3.8) is 0 Å². The number of aromatic nitrogens is 1. The third-order valence-electron chi connectivity index (χ3n) is 2.39. The van der Waals surface area contributed by atoms with E-state index >= 15 is 0 Å². The highest BCUT2D eigenvalue weighted by molar-refractivity contribution is 5.93. The molecule has 0 spiro atoms. The molecule has 17 heavy (non-hydrogen) atoms. The van der Waals surface area contributed by atoms with Crippen LogP contribution in [-0.4, -0.2) is 23.5 Å². The average molecular weight is 236 g/mol. The Labute approximate surface area is 99.6 Å². The van der Waals surface area contributed by atoms with E-state index < -0.39 is 11.9 Å². The summed E-state index contributed by atoms with van der Waals surface area (Å²) in [5.74, 6) is -0.922. The molecular weight excluding hydrogens is 220 g/mol. The number of aromatic amines is 1. The second-order valence-corrected chi connectivity index (χ2v) is 3.62. The number of rotatable bonds is 4. The fourth-order valence-electron chi connectivity index (χ4n) is 1.59. The van der Waals surface area contributed by atoms with E-state index in [1.807, 2.05) is 6.92 Å². The number of nitrogens with one attached hydrogen (secondary N) is 1. The minimum absolute atomic E-state index is 0.322. The van der Waals surface area contributed by atoms with Crippen molar-refractivity contribution in [1.82, 2.24) is 4.98 Å². The summed E-state index contributed by atoms with van der Waals surface area (Å²) < 4.78 is 4.92. The van der Waals surface area contributed by atoms with Gasteiger partial charge in [0.25, 0.3) is 0 Å². The second-order valence-electron chi connectivity index (χ2n) is 3.62. The SMILES string of the molecule is CCOC(=O)c1[nH]c(C)c(/C=C/C(N)=O)c1C. The van der Waals surface area contributed by atoms with Crippen molar-refractivity contribution in [3.8, 4) is 0 Å². The molecule has 1 amide bonds. The Kier molecular flexibility index (Phi) is 4.09. The molecule has 0 bridgehead atoms. The molecule has 0 aliphatic carbocycles. The summed E-state index contributed by atoms with van der Waals surface area (Å²) in [5.41, 5.74) is 7.76. The van der Waals surface area contributed by atoms with Gasteiger partial charge in [0.2, 0.25) is 5.91 Å². The lowest BCUT2D eigenvalue weighted by atomic mass is 10.1. The molecule has 0 saturated carbocycles. The molecule has 1 rings (SSSR count). The van der Waals surface area contributed by atoms with E-state index in [9.17, 15) is 9.59 Å². The second kappa shape index (κ2) is 5.34. The van der Waals surface area contributed by atoms with E-state index in [2.05, 4.69) is 4.98 Å². The molecule has 1 aromatic heterocycles. The highest BCUT2D eigenvalue weighted by Crippen LogP contribution is 2.20. The lowest BCUT2D eigenvalue weighted by Gasteiger charge is -2.00. The molecule has 0 atom stereocenters. The Morgan fingerprint density at radius 1 is 1.41 bits per heavy atom. The van der Waals surface area contributed by atoms with Crippen LogP contribution in [-0.2, 0) is 9.53 Å². The van der Waals surface area contributed by atoms with Gasteiger partial charge in [-0.1, -0.05) is 0 Å². The van der Waals surface area contributed by atoms with Gasteiger partial charge in [-0.15, -0.1) is 0 Å². The molecule has 5 heteroatoms. The highest BCUT2D eigenvalue weighted by Gasteiger charge is 2.16. The number of nitrogens with two attached hydrogens (primary N) is 1. The molecular formula is C12H16N2O3. The number of ether oxygens (including phenoxy) is 1. The minimum Gasteiger partial charge on any atom is -0.461 e. The zero-order valence-corrected chi connectivity index (χ0v) is 10.2. The van der Waals surface area contributed by atoms with E-state index in [0.29, 0.717) is 12.3 Å². The summed E-state index contributed by atoms with van der Waals surface area (Å²) in [6, 6.07) is 0. The first-order valence-corrected chi connectivity index (χ1v) is 5.31. The molecule has 0 saturated heterocycles. The predicted octanol–water partition coefficient (Wildman–Crippen LogP) is 1.31. The van der Waals surface area contributed by atoms with Crippen molar-refractivity contribution < 1.29 is 14.3 Å².